The van der Waals surface area contributed by atoms with Crippen molar-refractivity contribution in [1.29, 1.82) is 0 Å². The van der Waals surface area contributed by atoms with Crippen molar-refractivity contribution in [3.8, 4) is 0 Å². The van der Waals surface area contributed by atoms with Gasteiger partial charge in [0.2, 0.25) is 0 Å². The van der Waals surface area contributed by atoms with Crippen molar-refractivity contribution < 1.29 is 14.0 Å². The Hall–Kier alpha value is -2.47. The quantitative estimate of drug-likeness (QED) is 0.752. The van der Waals surface area contributed by atoms with Gasteiger partial charge >= 0.3 is 6.03 Å². The molecule has 1 aromatic carbocycles. The maximum atomic E-state index is 12.2. The number of rotatable bonds is 5. The Labute approximate surface area is 150 Å². The summed E-state index contributed by atoms with van der Waals surface area (Å²) in [7, 11) is 0. The average Bonchev–Trinajstić information content (AvgIpc) is 3.26. The molecule has 2 aromatic rings. The van der Waals surface area contributed by atoms with E-state index in [1.54, 1.807) is 18.2 Å². The third kappa shape index (κ3) is 4.54. The van der Waals surface area contributed by atoms with E-state index < -0.39 is 6.03 Å². The lowest BCUT2D eigenvalue weighted by Crippen LogP contribution is -2.31. The van der Waals surface area contributed by atoms with Crippen LogP contribution in [0.3, 0.4) is 0 Å². The van der Waals surface area contributed by atoms with Crippen LogP contribution in [0, 0.1) is 6.92 Å². The van der Waals surface area contributed by atoms with Gasteiger partial charge in [-0.15, -0.1) is 0 Å². The van der Waals surface area contributed by atoms with Crippen molar-refractivity contribution in [3.63, 3.8) is 0 Å². The Bertz CT molecular complexity index is 799. The van der Waals surface area contributed by atoms with E-state index in [0.29, 0.717) is 22.0 Å². The van der Waals surface area contributed by atoms with E-state index in [9.17, 15) is 9.59 Å². The number of furan rings is 1. The molecule has 1 aliphatic carbocycles. The topological polar surface area (TPSA) is 83.4 Å². The minimum atomic E-state index is -0.391. The smallest absolute Gasteiger partial charge is 0.319 e. The molecule has 1 saturated carbocycles. The second kappa shape index (κ2) is 7.19. The summed E-state index contributed by atoms with van der Waals surface area (Å²) >= 11 is 6.10. The Kier molecular flexibility index (Phi) is 4.99. The molecule has 1 atom stereocenters. The molecule has 1 aromatic heterocycles. The standard InChI is InChI=1S/C18H20ClN3O3/c1-10-3-8-16(25-10)11(2)20-18(24)22-13-6-7-15(19)14(9-13)17(23)21-12-4-5-12/h3,6-9,11-12H,4-5H2,1-2H3,(H,21,23)(H2,20,22,24). The SMILES string of the molecule is Cc1ccc(C(C)NC(=O)Nc2ccc(Cl)c(C(=O)NC3CC3)c2)o1. The Morgan fingerprint density at radius 1 is 1.24 bits per heavy atom. The van der Waals surface area contributed by atoms with Gasteiger partial charge in [0, 0.05) is 11.7 Å². The molecule has 3 N–H and O–H groups in total. The number of hydrogen-bond acceptors (Lipinski definition) is 3. The fourth-order valence-electron chi connectivity index (χ4n) is 2.39. The molecule has 1 fully saturated rings. The van der Waals surface area contributed by atoms with Crippen LogP contribution in [0.25, 0.3) is 0 Å². The van der Waals surface area contributed by atoms with Gasteiger partial charge in [-0.2, -0.15) is 0 Å². The van der Waals surface area contributed by atoms with E-state index in [4.69, 9.17) is 16.0 Å². The number of nitrogens with one attached hydrogen (secondary N) is 3. The molecule has 0 aliphatic heterocycles. The third-order valence-corrected chi connectivity index (χ3v) is 4.25. The lowest BCUT2D eigenvalue weighted by atomic mass is 10.2. The molecular formula is C18H20ClN3O3. The number of carbonyl (C=O) groups excluding carboxylic acids is 2. The van der Waals surface area contributed by atoms with E-state index in [-0.39, 0.29) is 18.0 Å². The minimum Gasteiger partial charge on any atom is -0.464 e. The average molecular weight is 362 g/mol. The number of urea groups is 1. The molecule has 0 radical (unpaired) electrons. The molecule has 1 aliphatic rings. The zero-order valence-electron chi connectivity index (χ0n) is 14.1. The number of benzene rings is 1. The lowest BCUT2D eigenvalue weighted by Gasteiger charge is -2.13. The van der Waals surface area contributed by atoms with Crippen LogP contribution in [0.5, 0.6) is 0 Å². The zero-order chi connectivity index (χ0) is 18.0. The van der Waals surface area contributed by atoms with Gasteiger partial charge < -0.3 is 20.4 Å². The van der Waals surface area contributed by atoms with Gasteiger partial charge in [-0.25, -0.2) is 4.79 Å². The van der Waals surface area contributed by atoms with Crippen LogP contribution in [0.2, 0.25) is 5.02 Å². The first kappa shape index (κ1) is 17.4. The normalized spacial score (nSPS) is 14.7. The van der Waals surface area contributed by atoms with Crippen LogP contribution in [0.4, 0.5) is 10.5 Å². The largest absolute Gasteiger partial charge is 0.464 e. The van der Waals surface area contributed by atoms with Crippen LogP contribution >= 0.6 is 11.6 Å². The van der Waals surface area contributed by atoms with Crippen molar-refractivity contribution in [2.24, 2.45) is 0 Å². The van der Waals surface area contributed by atoms with Gasteiger partial charge in [0.1, 0.15) is 11.5 Å². The summed E-state index contributed by atoms with van der Waals surface area (Å²) in [6, 6.07) is 8.05. The van der Waals surface area contributed by atoms with Gasteiger partial charge in [0.25, 0.3) is 5.91 Å². The van der Waals surface area contributed by atoms with Gasteiger partial charge in [-0.1, -0.05) is 11.6 Å². The molecule has 0 spiro atoms. The van der Waals surface area contributed by atoms with E-state index >= 15 is 0 Å². The highest BCUT2D eigenvalue weighted by molar-refractivity contribution is 6.34. The zero-order valence-corrected chi connectivity index (χ0v) is 14.8. The van der Waals surface area contributed by atoms with Crippen molar-refractivity contribution in [1.82, 2.24) is 10.6 Å². The molecule has 25 heavy (non-hydrogen) atoms. The fourth-order valence-corrected chi connectivity index (χ4v) is 2.59. The number of halogens is 1. The Morgan fingerprint density at radius 2 is 2.00 bits per heavy atom. The molecule has 0 bridgehead atoms. The van der Waals surface area contributed by atoms with Crippen molar-refractivity contribution in [2.75, 3.05) is 5.32 Å². The molecule has 0 saturated heterocycles. The highest BCUT2D eigenvalue weighted by Crippen LogP contribution is 2.24. The number of aryl methyl sites for hydroxylation is 1. The van der Waals surface area contributed by atoms with Crippen LogP contribution in [0.15, 0.2) is 34.7 Å². The molecule has 6 nitrogen and oxygen atoms in total. The number of anilines is 1. The van der Waals surface area contributed by atoms with Crippen molar-refractivity contribution >= 4 is 29.2 Å². The Balaban J connectivity index is 1.63. The first-order chi connectivity index (χ1) is 11.9. The predicted molar refractivity (Wildman–Crippen MR) is 96.0 cm³/mol. The van der Waals surface area contributed by atoms with Gasteiger partial charge in [-0.3, -0.25) is 4.79 Å². The monoisotopic (exact) mass is 361 g/mol. The molecule has 7 heteroatoms. The number of amides is 3. The van der Waals surface area contributed by atoms with E-state index in [0.717, 1.165) is 18.6 Å². The van der Waals surface area contributed by atoms with Crippen molar-refractivity contribution in [2.45, 2.75) is 38.8 Å². The first-order valence-corrected chi connectivity index (χ1v) is 8.54. The highest BCUT2D eigenvalue weighted by Gasteiger charge is 2.25. The van der Waals surface area contributed by atoms with Crippen LogP contribution < -0.4 is 16.0 Å². The second-order valence-electron chi connectivity index (χ2n) is 6.21. The summed E-state index contributed by atoms with van der Waals surface area (Å²) in [6.07, 6.45) is 1.99. The fraction of sp³-hybridized carbons (Fsp3) is 0.333. The molecular weight excluding hydrogens is 342 g/mol. The van der Waals surface area contributed by atoms with Gasteiger partial charge in [0.15, 0.2) is 0 Å². The van der Waals surface area contributed by atoms with E-state index in [2.05, 4.69) is 16.0 Å². The number of hydrogen-bond donors (Lipinski definition) is 3. The summed E-state index contributed by atoms with van der Waals surface area (Å²) in [5.74, 6) is 1.23. The summed E-state index contributed by atoms with van der Waals surface area (Å²) < 4.78 is 5.49. The third-order valence-electron chi connectivity index (χ3n) is 3.92. The maximum absolute atomic E-state index is 12.2. The molecule has 3 rings (SSSR count). The second-order valence-corrected chi connectivity index (χ2v) is 6.62. The highest BCUT2D eigenvalue weighted by atomic mass is 35.5. The minimum absolute atomic E-state index is 0.226. The molecule has 3 amide bonds. The summed E-state index contributed by atoms with van der Waals surface area (Å²) in [5.41, 5.74) is 0.840. The predicted octanol–water partition coefficient (Wildman–Crippen LogP) is 4.02. The van der Waals surface area contributed by atoms with E-state index in [1.165, 1.54) is 0 Å². The van der Waals surface area contributed by atoms with Gasteiger partial charge in [-0.05, 0) is 57.0 Å². The summed E-state index contributed by atoms with van der Waals surface area (Å²) in [6.45, 7) is 3.67. The summed E-state index contributed by atoms with van der Waals surface area (Å²) in [5, 5.41) is 8.73. The Morgan fingerprint density at radius 3 is 2.64 bits per heavy atom. The van der Waals surface area contributed by atoms with Crippen LogP contribution in [0.1, 0.15) is 47.7 Å². The molecule has 1 unspecified atom stereocenters. The molecule has 132 valence electrons. The lowest BCUT2D eigenvalue weighted by molar-refractivity contribution is 0.0951. The number of carbonyl (C=O) groups is 2. The molecule has 1 heterocycles. The van der Waals surface area contributed by atoms with Gasteiger partial charge in [0.05, 0.1) is 16.6 Å². The van der Waals surface area contributed by atoms with Crippen LogP contribution in [-0.2, 0) is 0 Å². The van der Waals surface area contributed by atoms with E-state index in [1.807, 2.05) is 26.0 Å². The first-order valence-electron chi connectivity index (χ1n) is 8.16. The van der Waals surface area contributed by atoms with Crippen LogP contribution in [-0.4, -0.2) is 18.0 Å². The van der Waals surface area contributed by atoms with Crippen molar-refractivity contribution in [3.05, 3.63) is 52.4 Å². The summed E-state index contributed by atoms with van der Waals surface area (Å²) in [4.78, 5) is 24.3. The maximum Gasteiger partial charge on any atom is 0.319 e.